The Morgan fingerprint density at radius 2 is 2.11 bits per heavy atom. The van der Waals surface area contributed by atoms with Crippen molar-refractivity contribution < 1.29 is 0 Å². The monoisotopic (exact) mass is 123 g/mol. The third-order valence-corrected chi connectivity index (χ3v) is 1.85. The minimum Gasteiger partial charge on any atom is -0.198 e. The number of hydrogen-bond acceptors (Lipinski definition) is 1. The van der Waals surface area contributed by atoms with E-state index in [1.54, 1.807) is 0 Å². The van der Waals surface area contributed by atoms with Crippen LogP contribution in [0.15, 0.2) is 0 Å². The Bertz CT molecular complexity index is 108. The summed E-state index contributed by atoms with van der Waals surface area (Å²) in [6, 6.07) is 2.16. The Morgan fingerprint density at radius 1 is 1.33 bits per heavy atom. The summed E-state index contributed by atoms with van der Waals surface area (Å²) in [7, 11) is 0. The average molecular weight is 123 g/mol. The quantitative estimate of drug-likeness (QED) is 0.527. The summed E-state index contributed by atoms with van der Waals surface area (Å²) in [5.41, 5.74) is 0. The molecule has 50 valence electrons. The molecule has 1 fully saturated rings. The van der Waals surface area contributed by atoms with Crippen molar-refractivity contribution in [3.63, 3.8) is 0 Å². The molecule has 0 N–H and O–H groups in total. The lowest BCUT2D eigenvalue weighted by Gasteiger charge is -1.91. The minimum atomic E-state index is 0.757. The molecule has 1 heteroatoms. The van der Waals surface area contributed by atoms with Gasteiger partial charge in [-0.05, 0) is 12.3 Å². The van der Waals surface area contributed by atoms with Gasteiger partial charge in [0.25, 0.3) is 0 Å². The highest BCUT2D eigenvalue weighted by Gasteiger charge is 2.19. The fourth-order valence-corrected chi connectivity index (χ4v) is 1.04. The van der Waals surface area contributed by atoms with Gasteiger partial charge in [0.05, 0.1) is 6.07 Å². The van der Waals surface area contributed by atoms with E-state index in [4.69, 9.17) is 5.26 Å². The topological polar surface area (TPSA) is 23.8 Å². The van der Waals surface area contributed by atoms with E-state index in [0.29, 0.717) is 0 Å². The van der Waals surface area contributed by atoms with Gasteiger partial charge in [-0.25, -0.2) is 0 Å². The smallest absolute Gasteiger partial charge is 0.0621 e. The lowest BCUT2D eigenvalue weighted by atomic mass is 10.1. The van der Waals surface area contributed by atoms with Crippen LogP contribution in [0.5, 0.6) is 0 Å². The molecule has 0 heterocycles. The van der Waals surface area contributed by atoms with E-state index in [1.807, 2.05) is 0 Å². The molecule has 9 heavy (non-hydrogen) atoms. The van der Waals surface area contributed by atoms with Crippen molar-refractivity contribution in [3.05, 3.63) is 0 Å². The van der Waals surface area contributed by atoms with Crippen LogP contribution < -0.4 is 0 Å². The van der Waals surface area contributed by atoms with Gasteiger partial charge in [-0.1, -0.05) is 25.7 Å². The molecule has 1 aliphatic carbocycles. The van der Waals surface area contributed by atoms with Crippen molar-refractivity contribution in [1.82, 2.24) is 0 Å². The number of nitrogens with zero attached hydrogens (tertiary/aromatic N) is 1. The summed E-state index contributed by atoms with van der Waals surface area (Å²) in [4.78, 5) is 0. The first-order valence-electron chi connectivity index (χ1n) is 3.80. The van der Waals surface area contributed by atoms with Crippen LogP contribution in [0.4, 0.5) is 0 Å². The summed E-state index contributed by atoms with van der Waals surface area (Å²) >= 11 is 0. The average Bonchev–Trinajstić information content (AvgIpc) is 2.63. The first-order chi connectivity index (χ1) is 4.43. The summed E-state index contributed by atoms with van der Waals surface area (Å²) in [6.07, 6.45) is 7.43. The van der Waals surface area contributed by atoms with E-state index in [2.05, 4.69) is 6.07 Å². The van der Waals surface area contributed by atoms with Gasteiger partial charge < -0.3 is 0 Å². The molecule has 1 aliphatic rings. The first kappa shape index (κ1) is 6.61. The third kappa shape index (κ3) is 3.13. The molecule has 0 atom stereocenters. The standard InChI is InChI=1S/C8H13N/c9-7-3-1-2-4-8-5-6-8/h8H,1-6H2. The van der Waals surface area contributed by atoms with E-state index in [1.165, 1.54) is 25.7 Å². The highest BCUT2D eigenvalue weighted by atomic mass is 14.3. The Hall–Kier alpha value is -0.510. The summed E-state index contributed by atoms with van der Waals surface area (Å²) in [5.74, 6) is 1.05. The molecule has 0 amide bonds. The van der Waals surface area contributed by atoms with Gasteiger partial charge in [-0.2, -0.15) is 5.26 Å². The Labute approximate surface area is 56.7 Å². The molecule has 0 aliphatic heterocycles. The molecular formula is C8H13N. The van der Waals surface area contributed by atoms with Crippen molar-refractivity contribution >= 4 is 0 Å². The Kier molecular flexibility index (Phi) is 2.57. The number of hydrogen-bond donors (Lipinski definition) is 0. The van der Waals surface area contributed by atoms with Crippen molar-refractivity contribution in [3.8, 4) is 6.07 Å². The van der Waals surface area contributed by atoms with Gasteiger partial charge in [0.15, 0.2) is 0 Å². The third-order valence-electron chi connectivity index (χ3n) is 1.85. The minimum absolute atomic E-state index is 0.757. The SMILES string of the molecule is N#CCCCCC1CC1. The van der Waals surface area contributed by atoms with Gasteiger partial charge >= 0.3 is 0 Å². The fourth-order valence-electron chi connectivity index (χ4n) is 1.04. The number of nitriles is 1. The fraction of sp³-hybridized carbons (Fsp3) is 0.875. The zero-order valence-corrected chi connectivity index (χ0v) is 5.77. The maximum atomic E-state index is 8.20. The number of rotatable bonds is 4. The highest BCUT2D eigenvalue weighted by molar-refractivity contribution is 4.74. The molecule has 1 rings (SSSR count). The maximum Gasteiger partial charge on any atom is 0.0621 e. The molecule has 1 nitrogen and oxygen atoms in total. The first-order valence-corrected chi connectivity index (χ1v) is 3.80. The lowest BCUT2D eigenvalue weighted by molar-refractivity contribution is 0.636. The largest absolute Gasteiger partial charge is 0.198 e. The van der Waals surface area contributed by atoms with Crippen molar-refractivity contribution in [1.29, 1.82) is 5.26 Å². The number of unbranched alkanes of at least 4 members (excludes halogenated alkanes) is 2. The van der Waals surface area contributed by atoms with Crippen LogP contribution in [0.25, 0.3) is 0 Å². The molecule has 0 saturated heterocycles. The van der Waals surface area contributed by atoms with Crippen LogP contribution in [0, 0.1) is 17.2 Å². The van der Waals surface area contributed by atoms with Crippen molar-refractivity contribution in [2.24, 2.45) is 5.92 Å². The molecule has 0 aromatic heterocycles. The summed E-state index contributed by atoms with van der Waals surface area (Å²) in [6.45, 7) is 0. The van der Waals surface area contributed by atoms with Gasteiger partial charge in [-0.3, -0.25) is 0 Å². The zero-order chi connectivity index (χ0) is 6.53. The van der Waals surface area contributed by atoms with Gasteiger partial charge in [0.2, 0.25) is 0 Å². The second kappa shape index (κ2) is 3.50. The molecule has 0 radical (unpaired) electrons. The van der Waals surface area contributed by atoms with Crippen molar-refractivity contribution in [2.45, 2.75) is 38.5 Å². The second-order valence-electron chi connectivity index (χ2n) is 2.85. The van der Waals surface area contributed by atoms with Crippen LogP contribution in [0.3, 0.4) is 0 Å². The van der Waals surface area contributed by atoms with E-state index >= 15 is 0 Å². The normalized spacial score (nSPS) is 17.2. The van der Waals surface area contributed by atoms with Gasteiger partial charge in [-0.15, -0.1) is 0 Å². The van der Waals surface area contributed by atoms with Crippen LogP contribution in [0.1, 0.15) is 38.5 Å². The van der Waals surface area contributed by atoms with Gasteiger partial charge in [0.1, 0.15) is 0 Å². The molecule has 0 aromatic rings. The molecular weight excluding hydrogens is 110 g/mol. The lowest BCUT2D eigenvalue weighted by Crippen LogP contribution is -1.76. The molecule has 0 aromatic carbocycles. The highest BCUT2D eigenvalue weighted by Crippen LogP contribution is 2.33. The van der Waals surface area contributed by atoms with Crippen molar-refractivity contribution in [2.75, 3.05) is 0 Å². The van der Waals surface area contributed by atoms with E-state index in [0.717, 1.165) is 18.8 Å². The maximum absolute atomic E-state index is 8.20. The van der Waals surface area contributed by atoms with E-state index < -0.39 is 0 Å². The van der Waals surface area contributed by atoms with Crippen LogP contribution in [-0.4, -0.2) is 0 Å². The molecule has 1 saturated carbocycles. The summed E-state index contributed by atoms with van der Waals surface area (Å²) < 4.78 is 0. The second-order valence-corrected chi connectivity index (χ2v) is 2.85. The predicted octanol–water partition coefficient (Wildman–Crippen LogP) is 2.48. The van der Waals surface area contributed by atoms with Crippen LogP contribution in [0.2, 0.25) is 0 Å². The molecule has 0 unspecified atom stereocenters. The molecule has 0 bridgehead atoms. The zero-order valence-electron chi connectivity index (χ0n) is 5.77. The Morgan fingerprint density at radius 3 is 2.67 bits per heavy atom. The predicted molar refractivity (Wildman–Crippen MR) is 36.8 cm³/mol. The van der Waals surface area contributed by atoms with Crippen LogP contribution in [-0.2, 0) is 0 Å². The van der Waals surface area contributed by atoms with E-state index in [-0.39, 0.29) is 0 Å². The van der Waals surface area contributed by atoms with Crippen LogP contribution >= 0.6 is 0 Å². The summed E-state index contributed by atoms with van der Waals surface area (Å²) in [5, 5.41) is 8.20. The Balaban J connectivity index is 1.77. The molecule has 0 spiro atoms. The van der Waals surface area contributed by atoms with E-state index in [9.17, 15) is 0 Å². The van der Waals surface area contributed by atoms with Gasteiger partial charge in [0, 0.05) is 6.42 Å².